The molecule has 1 aliphatic rings. The number of nitrogens with zero attached hydrogens (tertiary/aromatic N) is 1. The molecule has 29 heavy (non-hydrogen) atoms. The summed E-state index contributed by atoms with van der Waals surface area (Å²) >= 11 is 0. The molecule has 1 aromatic heterocycles. The van der Waals surface area contributed by atoms with E-state index >= 15 is 0 Å². The molecule has 0 radical (unpaired) electrons. The molecular formula is C24H25N3O2. The predicted molar refractivity (Wildman–Crippen MR) is 116 cm³/mol. The van der Waals surface area contributed by atoms with E-state index in [1.165, 1.54) is 5.39 Å². The Morgan fingerprint density at radius 1 is 1.17 bits per heavy atom. The van der Waals surface area contributed by atoms with Crippen molar-refractivity contribution in [2.75, 3.05) is 25.1 Å². The Hall–Kier alpha value is -3.23. The number of carbonyl (C=O) groups is 1. The van der Waals surface area contributed by atoms with Gasteiger partial charge in [-0.05, 0) is 37.1 Å². The van der Waals surface area contributed by atoms with Crippen LogP contribution in [0.1, 0.15) is 19.8 Å². The van der Waals surface area contributed by atoms with Gasteiger partial charge in [0, 0.05) is 53.8 Å². The molecule has 1 amide bonds. The lowest BCUT2D eigenvalue weighted by Crippen LogP contribution is -2.38. The average Bonchev–Trinajstić information content (AvgIpc) is 3.19. The molecule has 148 valence electrons. The summed E-state index contributed by atoms with van der Waals surface area (Å²) in [6, 6.07) is 18.3. The minimum atomic E-state index is 0.0280. The Kier molecular flexibility index (Phi) is 5.83. The monoisotopic (exact) mass is 387 g/mol. The van der Waals surface area contributed by atoms with E-state index < -0.39 is 0 Å². The molecule has 3 aromatic rings. The Bertz CT molecular complexity index is 1020. The first-order valence-corrected chi connectivity index (χ1v) is 9.98. The first-order chi connectivity index (χ1) is 14.2. The predicted octanol–water partition coefficient (Wildman–Crippen LogP) is 4.44. The molecule has 0 saturated carbocycles. The molecule has 0 bridgehead atoms. The van der Waals surface area contributed by atoms with Gasteiger partial charge in [0.1, 0.15) is 6.11 Å². The number of hydrogen-bond donors (Lipinski definition) is 2. The highest BCUT2D eigenvalue weighted by molar-refractivity contribution is 5.93. The molecule has 0 unspecified atom stereocenters. The van der Waals surface area contributed by atoms with Gasteiger partial charge in [0.2, 0.25) is 5.91 Å². The van der Waals surface area contributed by atoms with Gasteiger partial charge in [0.25, 0.3) is 0 Å². The van der Waals surface area contributed by atoms with Crippen LogP contribution in [0.25, 0.3) is 22.2 Å². The van der Waals surface area contributed by atoms with E-state index in [1.54, 1.807) is 6.92 Å². The molecule has 1 fully saturated rings. The van der Waals surface area contributed by atoms with Crippen LogP contribution >= 0.6 is 0 Å². The topological polar surface area (TPSA) is 57.4 Å². The summed E-state index contributed by atoms with van der Waals surface area (Å²) < 4.78 is 5.25. The Morgan fingerprint density at radius 2 is 2.00 bits per heavy atom. The molecule has 2 aromatic carbocycles. The number of amides is 1. The van der Waals surface area contributed by atoms with E-state index in [-0.39, 0.29) is 11.8 Å². The van der Waals surface area contributed by atoms with Gasteiger partial charge in [-0.2, -0.15) is 0 Å². The summed E-state index contributed by atoms with van der Waals surface area (Å²) in [7, 11) is 0. The summed E-state index contributed by atoms with van der Waals surface area (Å²) in [4.78, 5) is 18.4. The molecule has 5 nitrogen and oxygen atoms in total. The third-order valence-corrected chi connectivity index (χ3v) is 5.35. The summed E-state index contributed by atoms with van der Waals surface area (Å²) in [6.45, 7) is 3.95. The summed E-state index contributed by atoms with van der Waals surface area (Å²) in [5, 5.41) is 4.28. The van der Waals surface area contributed by atoms with E-state index in [9.17, 15) is 4.79 Å². The Labute approximate surface area is 171 Å². The van der Waals surface area contributed by atoms with Gasteiger partial charge in [-0.25, -0.2) is 0 Å². The van der Waals surface area contributed by atoms with Gasteiger partial charge >= 0.3 is 0 Å². The van der Waals surface area contributed by atoms with Crippen molar-refractivity contribution in [3.8, 4) is 23.3 Å². The van der Waals surface area contributed by atoms with Crippen molar-refractivity contribution in [3.63, 3.8) is 0 Å². The lowest BCUT2D eigenvalue weighted by atomic mass is 9.96. The summed E-state index contributed by atoms with van der Waals surface area (Å²) in [5.74, 6) is 2.84. The minimum absolute atomic E-state index is 0.0280. The highest BCUT2D eigenvalue weighted by Crippen LogP contribution is 2.27. The summed E-state index contributed by atoms with van der Waals surface area (Å²) in [6.07, 6.45) is 4.28. The van der Waals surface area contributed by atoms with E-state index in [1.807, 2.05) is 30.3 Å². The normalized spacial score (nSPS) is 14.9. The Balaban J connectivity index is 1.38. The second-order valence-electron chi connectivity index (χ2n) is 7.36. The lowest BCUT2D eigenvalue weighted by Gasteiger charge is -2.30. The van der Waals surface area contributed by atoms with Crippen LogP contribution in [0, 0.1) is 17.9 Å². The van der Waals surface area contributed by atoms with Gasteiger partial charge in [0.15, 0.2) is 6.73 Å². The molecule has 0 aliphatic carbocycles. The maximum atomic E-state index is 12.7. The van der Waals surface area contributed by atoms with Crippen molar-refractivity contribution >= 4 is 22.5 Å². The third kappa shape index (κ3) is 4.61. The van der Waals surface area contributed by atoms with Crippen molar-refractivity contribution < 1.29 is 9.53 Å². The standard InChI is InChI=1S/C24H25N3O2/c1-2-14-29-17-27-12-10-18(11-13-27)24(28)25-21-8-5-7-19(15-21)23-16-20-6-3-4-9-22(20)26-23/h3-9,15-16,18,26H,10-13,17H2,1H3,(H,25,28). The van der Waals surface area contributed by atoms with Crippen LogP contribution in [0.5, 0.6) is 0 Å². The van der Waals surface area contributed by atoms with Crippen molar-refractivity contribution in [2.24, 2.45) is 5.92 Å². The number of para-hydroxylation sites is 1. The highest BCUT2D eigenvalue weighted by atomic mass is 16.5. The van der Waals surface area contributed by atoms with Crippen LogP contribution < -0.4 is 5.32 Å². The third-order valence-electron chi connectivity index (χ3n) is 5.35. The molecular weight excluding hydrogens is 362 g/mol. The fourth-order valence-corrected chi connectivity index (χ4v) is 3.76. The number of anilines is 1. The molecule has 0 atom stereocenters. The molecule has 0 spiro atoms. The number of hydrogen-bond acceptors (Lipinski definition) is 3. The van der Waals surface area contributed by atoms with Gasteiger partial charge in [-0.1, -0.05) is 36.3 Å². The molecule has 5 heteroatoms. The van der Waals surface area contributed by atoms with Gasteiger partial charge < -0.3 is 15.0 Å². The van der Waals surface area contributed by atoms with Crippen molar-refractivity contribution in [2.45, 2.75) is 19.8 Å². The quantitative estimate of drug-likeness (QED) is 0.637. The number of aromatic amines is 1. The number of rotatable bonds is 5. The largest absolute Gasteiger partial charge is 0.430 e. The van der Waals surface area contributed by atoms with Crippen molar-refractivity contribution in [1.29, 1.82) is 0 Å². The van der Waals surface area contributed by atoms with Crippen LogP contribution in [0.3, 0.4) is 0 Å². The number of piperidine rings is 1. The SMILES string of the molecule is CC#COCN1CCC(C(=O)Nc2cccc(-c3cc4ccccc4[nH]3)c2)CC1. The van der Waals surface area contributed by atoms with E-state index in [0.29, 0.717) is 6.73 Å². The van der Waals surface area contributed by atoms with Gasteiger partial charge in [-0.3, -0.25) is 9.69 Å². The number of ether oxygens (including phenoxy) is 1. The number of fused-ring (bicyclic) bond motifs is 1. The fraction of sp³-hybridized carbons (Fsp3) is 0.292. The first kappa shape index (κ1) is 19.1. The number of aromatic nitrogens is 1. The molecule has 4 rings (SSSR count). The van der Waals surface area contributed by atoms with Crippen molar-refractivity contribution in [1.82, 2.24) is 9.88 Å². The maximum Gasteiger partial charge on any atom is 0.227 e. The second kappa shape index (κ2) is 8.85. The molecule has 2 N–H and O–H groups in total. The zero-order valence-electron chi connectivity index (χ0n) is 16.6. The lowest BCUT2D eigenvalue weighted by molar-refractivity contribution is -0.121. The number of benzene rings is 2. The highest BCUT2D eigenvalue weighted by Gasteiger charge is 2.25. The van der Waals surface area contributed by atoms with Crippen LogP contribution in [0.2, 0.25) is 0 Å². The maximum absolute atomic E-state index is 12.7. The number of carbonyl (C=O) groups excluding carboxylic acids is 1. The first-order valence-electron chi connectivity index (χ1n) is 9.98. The van der Waals surface area contributed by atoms with E-state index in [0.717, 1.165) is 48.4 Å². The number of nitrogens with one attached hydrogen (secondary N) is 2. The number of likely N-dealkylation sites (tertiary alicyclic amines) is 1. The minimum Gasteiger partial charge on any atom is -0.430 e. The molecule has 1 saturated heterocycles. The zero-order chi connectivity index (χ0) is 20.1. The summed E-state index contributed by atoms with van der Waals surface area (Å²) in [5.41, 5.74) is 4.04. The zero-order valence-corrected chi connectivity index (χ0v) is 16.6. The average molecular weight is 387 g/mol. The molecule has 2 heterocycles. The fourth-order valence-electron chi connectivity index (χ4n) is 3.76. The Morgan fingerprint density at radius 3 is 2.79 bits per heavy atom. The van der Waals surface area contributed by atoms with Gasteiger partial charge in [-0.15, -0.1) is 0 Å². The number of H-pyrrole nitrogens is 1. The van der Waals surface area contributed by atoms with Crippen LogP contribution in [0.15, 0.2) is 54.6 Å². The van der Waals surface area contributed by atoms with Crippen LogP contribution in [-0.4, -0.2) is 35.6 Å². The second-order valence-corrected chi connectivity index (χ2v) is 7.36. The smallest absolute Gasteiger partial charge is 0.227 e. The van der Waals surface area contributed by atoms with Crippen LogP contribution in [-0.2, 0) is 9.53 Å². The van der Waals surface area contributed by atoms with E-state index in [2.05, 4.69) is 51.5 Å². The van der Waals surface area contributed by atoms with Crippen LogP contribution in [0.4, 0.5) is 5.69 Å². The molecule has 1 aliphatic heterocycles. The van der Waals surface area contributed by atoms with Crippen molar-refractivity contribution in [3.05, 3.63) is 54.6 Å². The van der Waals surface area contributed by atoms with Gasteiger partial charge in [0.05, 0.1) is 0 Å². The van der Waals surface area contributed by atoms with E-state index in [4.69, 9.17) is 4.74 Å².